The fourth-order valence-corrected chi connectivity index (χ4v) is 2.96. The Labute approximate surface area is 110 Å². The van der Waals surface area contributed by atoms with Gasteiger partial charge in [-0.25, -0.2) is 0 Å². The number of piperazine rings is 1. The lowest BCUT2D eigenvalue weighted by Gasteiger charge is -2.26. The fourth-order valence-electron chi connectivity index (χ4n) is 1.76. The third-order valence-corrected chi connectivity index (χ3v) is 4.15. The molecule has 1 aliphatic heterocycles. The normalized spacial score (nSPS) is 17.3. The maximum atomic E-state index is 12.0. The molecule has 1 fully saturated rings. The summed E-state index contributed by atoms with van der Waals surface area (Å²) in [6, 6.07) is 0. The van der Waals surface area contributed by atoms with Gasteiger partial charge < -0.3 is 11.1 Å². The molecule has 1 saturated heterocycles. The van der Waals surface area contributed by atoms with Gasteiger partial charge in [0.2, 0.25) is 5.91 Å². The number of aromatic nitrogens is 2. The SMILES string of the molecule is NC(=O)Cn1cc(NS(=O)(=O)N2CCNCC2)cn1. The van der Waals surface area contributed by atoms with Gasteiger partial charge in [-0.15, -0.1) is 0 Å². The zero-order chi connectivity index (χ0) is 13.9. The van der Waals surface area contributed by atoms with E-state index in [1.807, 2.05) is 0 Å². The van der Waals surface area contributed by atoms with E-state index in [4.69, 9.17) is 5.73 Å². The summed E-state index contributed by atoms with van der Waals surface area (Å²) in [6.45, 7) is 2.01. The van der Waals surface area contributed by atoms with Gasteiger partial charge in [0.05, 0.1) is 11.9 Å². The number of hydrogen-bond donors (Lipinski definition) is 3. The second kappa shape index (κ2) is 5.55. The molecule has 0 aromatic carbocycles. The Balaban J connectivity index is 2.03. The number of rotatable bonds is 5. The average Bonchev–Trinajstić information content (AvgIpc) is 2.76. The average molecular weight is 288 g/mol. The molecule has 0 aliphatic carbocycles. The molecule has 0 bridgehead atoms. The van der Waals surface area contributed by atoms with E-state index in [2.05, 4.69) is 15.1 Å². The summed E-state index contributed by atoms with van der Waals surface area (Å²) in [4.78, 5) is 10.7. The third-order valence-electron chi connectivity index (χ3n) is 2.61. The number of nitrogens with zero attached hydrogens (tertiary/aromatic N) is 3. The number of primary amides is 1. The molecule has 0 atom stereocenters. The van der Waals surface area contributed by atoms with Crippen molar-refractivity contribution in [2.75, 3.05) is 30.9 Å². The van der Waals surface area contributed by atoms with E-state index in [1.165, 1.54) is 21.4 Å². The van der Waals surface area contributed by atoms with Crippen molar-refractivity contribution < 1.29 is 13.2 Å². The molecule has 1 amide bonds. The van der Waals surface area contributed by atoms with Crippen LogP contribution in [0.4, 0.5) is 5.69 Å². The lowest BCUT2D eigenvalue weighted by atomic mass is 10.4. The van der Waals surface area contributed by atoms with Gasteiger partial charge in [0.1, 0.15) is 6.54 Å². The highest BCUT2D eigenvalue weighted by atomic mass is 32.2. The predicted octanol–water partition coefficient (Wildman–Crippen LogP) is -2.07. The van der Waals surface area contributed by atoms with E-state index in [9.17, 15) is 13.2 Å². The number of hydrogen-bond acceptors (Lipinski definition) is 5. The molecule has 2 rings (SSSR count). The van der Waals surface area contributed by atoms with Gasteiger partial charge in [-0.05, 0) is 0 Å². The van der Waals surface area contributed by atoms with Crippen LogP contribution >= 0.6 is 0 Å². The van der Waals surface area contributed by atoms with Gasteiger partial charge in [-0.3, -0.25) is 14.2 Å². The first kappa shape index (κ1) is 13.8. The van der Waals surface area contributed by atoms with E-state index >= 15 is 0 Å². The maximum absolute atomic E-state index is 12.0. The second-order valence-corrected chi connectivity index (χ2v) is 5.82. The van der Waals surface area contributed by atoms with Crippen molar-refractivity contribution in [3.63, 3.8) is 0 Å². The number of amides is 1. The highest BCUT2D eigenvalue weighted by molar-refractivity contribution is 7.90. The smallest absolute Gasteiger partial charge is 0.301 e. The Bertz CT molecular complexity index is 548. The number of nitrogens with two attached hydrogens (primary N) is 1. The van der Waals surface area contributed by atoms with Gasteiger partial charge in [0.15, 0.2) is 0 Å². The zero-order valence-corrected chi connectivity index (χ0v) is 11.1. The van der Waals surface area contributed by atoms with Crippen LogP contribution in [0.15, 0.2) is 12.4 Å². The first-order valence-corrected chi connectivity index (χ1v) is 7.21. The Kier molecular flexibility index (Phi) is 4.02. The van der Waals surface area contributed by atoms with Crippen molar-refractivity contribution >= 4 is 21.8 Å². The largest absolute Gasteiger partial charge is 0.368 e. The Morgan fingerprint density at radius 3 is 2.79 bits per heavy atom. The molecular weight excluding hydrogens is 272 g/mol. The van der Waals surface area contributed by atoms with Crippen molar-refractivity contribution in [1.29, 1.82) is 0 Å². The van der Waals surface area contributed by atoms with E-state index in [0.717, 1.165) is 0 Å². The molecule has 1 aromatic rings. The second-order valence-electron chi connectivity index (χ2n) is 4.15. The van der Waals surface area contributed by atoms with Crippen LogP contribution in [0.5, 0.6) is 0 Å². The van der Waals surface area contributed by atoms with Crippen LogP contribution in [0.3, 0.4) is 0 Å². The number of anilines is 1. The summed E-state index contributed by atoms with van der Waals surface area (Å²) in [5, 5.41) is 6.92. The quantitative estimate of drug-likeness (QED) is 0.574. The molecule has 19 heavy (non-hydrogen) atoms. The van der Waals surface area contributed by atoms with Gasteiger partial charge in [0, 0.05) is 32.4 Å². The van der Waals surface area contributed by atoms with Crippen LogP contribution in [-0.2, 0) is 21.5 Å². The number of carbonyl (C=O) groups is 1. The van der Waals surface area contributed by atoms with Crippen LogP contribution in [0.1, 0.15) is 0 Å². The molecule has 10 heteroatoms. The van der Waals surface area contributed by atoms with Crippen LogP contribution in [0.2, 0.25) is 0 Å². The number of carbonyl (C=O) groups excluding carboxylic acids is 1. The van der Waals surface area contributed by atoms with Crippen LogP contribution in [-0.4, -0.2) is 54.6 Å². The van der Waals surface area contributed by atoms with Crippen molar-refractivity contribution in [1.82, 2.24) is 19.4 Å². The summed E-state index contributed by atoms with van der Waals surface area (Å²) in [5.74, 6) is -0.542. The summed E-state index contributed by atoms with van der Waals surface area (Å²) < 4.78 is 29.1. The predicted molar refractivity (Wildman–Crippen MR) is 68.4 cm³/mol. The van der Waals surface area contributed by atoms with Crippen LogP contribution < -0.4 is 15.8 Å². The molecule has 0 unspecified atom stereocenters. The first-order valence-electron chi connectivity index (χ1n) is 5.77. The third kappa shape index (κ3) is 3.66. The Morgan fingerprint density at radius 1 is 1.47 bits per heavy atom. The number of nitrogens with one attached hydrogen (secondary N) is 2. The molecule has 0 spiro atoms. The molecular formula is C9H16N6O3S. The topological polar surface area (TPSA) is 122 Å². The molecule has 1 aliphatic rings. The van der Waals surface area contributed by atoms with Gasteiger partial charge >= 0.3 is 10.2 Å². The van der Waals surface area contributed by atoms with E-state index in [1.54, 1.807) is 0 Å². The zero-order valence-electron chi connectivity index (χ0n) is 10.2. The molecule has 106 valence electrons. The first-order chi connectivity index (χ1) is 8.97. The highest BCUT2D eigenvalue weighted by Crippen LogP contribution is 2.11. The standard InChI is InChI=1S/C9H16N6O3S/c10-9(16)7-14-6-8(5-12-14)13-19(17,18)15-3-1-11-2-4-15/h5-6,11,13H,1-4,7H2,(H2,10,16). The molecule has 0 saturated carbocycles. The van der Waals surface area contributed by atoms with Crippen molar-refractivity contribution in [2.45, 2.75) is 6.54 Å². The van der Waals surface area contributed by atoms with E-state index in [-0.39, 0.29) is 6.54 Å². The summed E-state index contributed by atoms with van der Waals surface area (Å²) in [7, 11) is -3.58. The van der Waals surface area contributed by atoms with E-state index < -0.39 is 16.1 Å². The van der Waals surface area contributed by atoms with Crippen molar-refractivity contribution in [3.8, 4) is 0 Å². The monoisotopic (exact) mass is 288 g/mol. The maximum Gasteiger partial charge on any atom is 0.301 e. The lowest BCUT2D eigenvalue weighted by molar-refractivity contribution is -0.118. The lowest BCUT2D eigenvalue weighted by Crippen LogP contribution is -2.48. The van der Waals surface area contributed by atoms with Crippen molar-refractivity contribution in [3.05, 3.63) is 12.4 Å². The van der Waals surface area contributed by atoms with Crippen LogP contribution in [0, 0.1) is 0 Å². The fraction of sp³-hybridized carbons (Fsp3) is 0.556. The summed E-state index contributed by atoms with van der Waals surface area (Å²) in [6.07, 6.45) is 2.76. The van der Waals surface area contributed by atoms with Crippen LogP contribution in [0.25, 0.3) is 0 Å². The minimum Gasteiger partial charge on any atom is -0.368 e. The van der Waals surface area contributed by atoms with Gasteiger partial charge in [-0.1, -0.05) is 0 Å². The minimum atomic E-state index is -3.58. The van der Waals surface area contributed by atoms with E-state index in [0.29, 0.717) is 31.9 Å². The molecule has 1 aromatic heterocycles. The molecule has 0 radical (unpaired) electrons. The molecule has 2 heterocycles. The van der Waals surface area contributed by atoms with Gasteiger partial charge in [0.25, 0.3) is 0 Å². The molecule has 9 nitrogen and oxygen atoms in total. The Hall–Kier alpha value is -1.65. The van der Waals surface area contributed by atoms with Gasteiger partial charge in [-0.2, -0.15) is 17.8 Å². The minimum absolute atomic E-state index is 0.0879. The Morgan fingerprint density at radius 2 is 2.16 bits per heavy atom. The summed E-state index contributed by atoms with van der Waals surface area (Å²) in [5.41, 5.74) is 5.33. The highest BCUT2D eigenvalue weighted by Gasteiger charge is 2.23. The van der Waals surface area contributed by atoms with Crippen molar-refractivity contribution in [2.24, 2.45) is 5.73 Å². The summed E-state index contributed by atoms with van der Waals surface area (Å²) >= 11 is 0. The molecule has 4 N–H and O–H groups in total.